The van der Waals surface area contributed by atoms with Crippen molar-refractivity contribution in [2.75, 3.05) is 39.3 Å². The molecule has 48 heavy (non-hydrogen) atoms. The molecule has 0 aromatic carbocycles. The molecule has 3 unspecified atom stereocenters. The predicted octanol–water partition coefficient (Wildman–Crippen LogP) is 4.63. The SMILES string of the molecule is CC(=O)O[C@H]1C[C@@]2(C)C(C[C@@H](O)C3[C@@]4(C)CC[C@@H](O)[C@@H](C)C4CC[C@@]32C)[C@@H]1[C@H](CCCC(C)C)C(=O)NCCCNCCNCCCN. The largest absolute Gasteiger partial charge is 0.462 e. The third kappa shape index (κ3) is 8.11. The van der Waals surface area contributed by atoms with Gasteiger partial charge in [0.15, 0.2) is 0 Å². The van der Waals surface area contributed by atoms with Gasteiger partial charge in [-0.2, -0.15) is 0 Å². The van der Waals surface area contributed by atoms with Crippen LogP contribution in [0.25, 0.3) is 0 Å². The number of carbonyl (C=O) groups excluding carboxylic acids is 2. The maximum atomic E-state index is 14.2. The van der Waals surface area contributed by atoms with Gasteiger partial charge >= 0.3 is 5.97 Å². The molecular weight excluding hydrogens is 604 g/mol. The normalized spacial score (nSPS) is 39.7. The first-order chi connectivity index (χ1) is 22.7. The summed E-state index contributed by atoms with van der Waals surface area (Å²) in [5, 5.41) is 33.2. The van der Waals surface area contributed by atoms with Crippen molar-refractivity contribution in [3.05, 3.63) is 0 Å². The van der Waals surface area contributed by atoms with Crippen LogP contribution < -0.4 is 21.7 Å². The van der Waals surface area contributed by atoms with Crippen molar-refractivity contribution in [1.29, 1.82) is 0 Å². The number of rotatable bonds is 17. The van der Waals surface area contributed by atoms with Crippen LogP contribution >= 0.6 is 0 Å². The first-order valence-corrected chi connectivity index (χ1v) is 19.6. The van der Waals surface area contributed by atoms with Gasteiger partial charge in [0.2, 0.25) is 5.91 Å². The summed E-state index contributed by atoms with van der Waals surface area (Å²) >= 11 is 0. The number of fused-ring (bicyclic) bond motifs is 5. The van der Waals surface area contributed by atoms with Crippen LogP contribution in [0.5, 0.6) is 0 Å². The van der Waals surface area contributed by atoms with Crippen LogP contribution in [0.1, 0.15) is 119 Å². The van der Waals surface area contributed by atoms with Crippen LogP contribution in [0.3, 0.4) is 0 Å². The van der Waals surface area contributed by atoms with Crippen molar-refractivity contribution in [1.82, 2.24) is 16.0 Å². The summed E-state index contributed by atoms with van der Waals surface area (Å²) in [6.45, 7) is 20.2. The van der Waals surface area contributed by atoms with E-state index in [9.17, 15) is 19.8 Å². The number of aliphatic hydroxyl groups excluding tert-OH is 2. The molecule has 0 aromatic heterocycles. The Bertz CT molecular complexity index is 1060. The third-order valence-corrected chi connectivity index (χ3v) is 14.2. The average Bonchev–Trinajstić information content (AvgIpc) is 3.29. The van der Waals surface area contributed by atoms with Gasteiger partial charge in [0.1, 0.15) is 6.10 Å². The molecule has 7 N–H and O–H groups in total. The predicted molar refractivity (Wildman–Crippen MR) is 192 cm³/mol. The number of nitrogens with one attached hydrogen (secondary N) is 3. The molecule has 0 aromatic rings. The summed E-state index contributed by atoms with van der Waals surface area (Å²) < 4.78 is 6.21. The first-order valence-electron chi connectivity index (χ1n) is 19.6. The lowest BCUT2D eigenvalue weighted by molar-refractivity contribution is -0.239. The Morgan fingerprint density at radius 1 is 0.875 bits per heavy atom. The van der Waals surface area contributed by atoms with E-state index in [1.807, 2.05) is 0 Å². The summed E-state index contributed by atoms with van der Waals surface area (Å²) in [6.07, 6.45) is 8.57. The minimum Gasteiger partial charge on any atom is -0.462 e. The van der Waals surface area contributed by atoms with Crippen molar-refractivity contribution in [2.24, 2.45) is 63.4 Å². The molecule has 1 amide bonds. The summed E-state index contributed by atoms with van der Waals surface area (Å²) in [4.78, 5) is 26.9. The van der Waals surface area contributed by atoms with E-state index in [1.54, 1.807) is 0 Å². The standard InChI is InChI=1S/C39H72N4O5/c1-25(2)11-8-12-28(36(47)43-20-10-19-42-22-21-41-18-9-17-40)34-30-23-32(46)35-37(5)15-14-31(45)26(3)29(37)13-16-38(35,6)39(30,7)24-33(34)48-27(4)44/h25-26,28-35,41-42,45-46H,8-24,40H2,1-7H3,(H,43,47)/t26-,28-,29?,30?,31+,32+,33-,34-,35?,37-,38-,39-/m0/s1. The molecule has 0 spiro atoms. The van der Waals surface area contributed by atoms with Crippen molar-refractivity contribution in [3.8, 4) is 0 Å². The maximum Gasteiger partial charge on any atom is 0.302 e. The molecule has 12 atom stereocenters. The molecule has 4 rings (SSSR count). The molecular formula is C39H72N4O5. The Labute approximate surface area is 292 Å². The van der Waals surface area contributed by atoms with Crippen LogP contribution in [-0.4, -0.2) is 79.7 Å². The van der Waals surface area contributed by atoms with E-state index in [2.05, 4.69) is 57.5 Å². The number of nitrogens with two attached hydrogens (primary N) is 1. The second-order valence-electron chi connectivity index (χ2n) is 17.5. The highest BCUT2D eigenvalue weighted by molar-refractivity contribution is 5.79. The number of ether oxygens (including phenoxy) is 1. The van der Waals surface area contributed by atoms with Crippen LogP contribution in [0.2, 0.25) is 0 Å². The highest BCUT2D eigenvalue weighted by Crippen LogP contribution is 2.74. The van der Waals surface area contributed by atoms with Crippen LogP contribution in [0, 0.1) is 57.7 Å². The Hall–Kier alpha value is -1.26. The van der Waals surface area contributed by atoms with Gasteiger partial charge in [-0.1, -0.05) is 54.4 Å². The Morgan fingerprint density at radius 3 is 2.21 bits per heavy atom. The molecule has 0 aliphatic heterocycles. The molecule has 4 saturated carbocycles. The van der Waals surface area contributed by atoms with Gasteiger partial charge < -0.3 is 36.6 Å². The third-order valence-electron chi connectivity index (χ3n) is 14.2. The average molecular weight is 677 g/mol. The fourth-order valence-corrected chi connectivity index (χ4v) is 11.8. The molecule has 4 fully saturated rings. The molecule has 9 heteroatoms. The second kappa shape index (κ2) is 16.8. The fraction of sp³-hybridized carbons (Fsp3) is 0.949. The number of hydrogen-bond acceptors (Lipinski definition) is 8. The maximum absolute atomic E-state index is 14.2. The van der Waals surface area contributed by atoms with Gasteiger partial charge in [0.25, 0.3) is 0 Å². The Morgan fingerprint density at radius 2 is 1.56 bits per heavy atom. The van der Waals surface area contributed by atoms with E-state index < -0.39 is 6.10 Å². The van der Waals surface area contributed by atoms with E-state index in [4.69, 9.17) is 10.5 Å². The minimum atomic E-state index is -0.489. The number of esters is 1. The highest BCUT2D eigenvalue weighted by Gasteiger charge is 2.72. The first kappa shape index (κ1) is 39.5. The quantitative estimate of drug-likeness (QED) is 0.0967. The summed E-state index contributed by atoms with van der Waals surface area (Å²) in [5.41, 5.74) is 5.15. The van der Waals surface area contributed by atoms with Crippen molar-refractivity contribution >= 4 is 11.9 Å². The van der Waals surface area contributed by atoms with E-state index in [0.717, 1.165) is 90.4 Å². The molecule has 9 nitrogen and oxygen atoms in total. The fourth-order valence-electron chi connectivity index (χ4n) is 11.8. The molecule has 0 radical (unpaired) electrons. The lowest BCUT2D eigenvalue weighted by Crippen LogP contribution is -2.66. The van der Waals surface area contributed by atoms with E-state index in [1.165, 1.54) is 6.92 Å². The zero-order valence-electron chi connectivity index (χ0n) is 31.5. The lowest BCUT2D eigenvalue weighted by atomic mass is 9.36. The van der Waals surface area contributed by atoms with Gasteiger partial charge in [-0.15, -0.1) is 0 Å². The van der Waals surface area contributed by atoms with Crippen molar-refractivity contribution < 1.29 is 24.5 Å². The van der Waals surface area contributed by atoms with Gasteiger partial charge in [-0.25, -0.2) is 0 Å². The summed E-state index contributed by atoms with van der Waals surface area (Å²) in [5.74, 6) is 0.710. The number of aliphatic hydroxyl groups is 2. The van der Waals surface area contributed by atoms with E-state index >= 15 is 0 Å². The number of hydrogen-bond donors (Lipinski definition) is 6. The zero-order chi connectivity index (χ0) is 35.3. The molecule has 0 bridgehead atoms. The number of carbonyl (C=O) groups is 2. The lowest BCUT2D eigenvalue weighted by Gasteiger charge is -2.69. The molecule has 4 aliphatic carbocycles. The summed E-state index contributed by atoms with van der Waals surface area (Å²) in [6, 6.07) is 0. The highest BCUT2D eigenvalue weighted by atomic mass is 16.5. The van der Waals surface area contributed by atoms with Gasteiger partial charge in [0.05, 0.1) is 12.2 Å². The van der Waals surface area contributed by atoms with E-state index in [-0.39, 0.29) is 69.9 Å². The van der Waals surface area contributed by atoms with Gasteiger partial charge in [-0.05, 0) is 123 Å². The van der Waals surface area contributed by atoms with Crippen molar-refractivity contribution in [2.45, 2.75) is 137 Å². The smallest absolute Gasteiger partial charge is 0.302 e. The zero-order valence-corrected chi connectivity index (χ0v) is 31.5. The van der Waals surface area contributed by atoms with E-state index in [0.29, 0.717) is 31.3 Å². The minimum absolute atomic E-state index is 0.0589. The van der Waals surface area contributed by atoms with Gasteiger partial charge in [-0.3, -0.25) is 9.59 Å². The molecule has 0 heterocycles. The van der Waals surface area contributed by atoms with Crippen LogP contribution in [-0.2, 0) is 14.3 Å². The van der Waals surface area contributed by atoms with Crippen molar-refractivity contribution in [3.63, 3.8) is 0 Å². The topological polar surface area (TPSA) is 146 Å². The van der Waals surface area contributed by atoms with Crippen LogP contribution in [0.4, 0.5) is 0 Å². The Balaban J connectivity index is 1.54. The van der Waals surface area contributed by atoms with Crippen LogP contribution in [0.15, 0.2) is 0 Å². The number of amides is 1. The molecule has 4 aliphatic rings. The Kier molecular flexibility index (Phi) is 13.9. The monoisotopic (exact) mass is 677 g/mol. The molecule has 0 saturated heterocycles. The molecule has 278 valence electrons. The second-order valence-corrected chi connectivity index (χ2v) is 17.5. The van der Waals surface area contributed by atoms with Gasteiger partial charge in [0, 0.05) is 38.4 Å². The summed E-state index contributed by atoms with van der Waals surface area (Å²) in [7, 11) is 0.